The van der Waals surface area contributed by atoms with Crippen LogP contribution in [0.15, 0.2) is 54.7 Å². The van der Waals surface area contributed by atoms with Gasteiger partial charge < -0.3 is 0 Å². The van der Waals surface area contributed by atoms with Crippen LogP contribution in [-0.4, -0.2) is 9.97 Å². The number of rotatable bonds is 1. The van der Waals surface area contributed by atoms with Crippen LogP contribution < -0.4 is 0 Å². The summed E-state index contributed by atoms with van der Waals surface area (Å²) in [5.74, 6) is 0. The Morgan fingerprint density at radius 2 is 1.83 bits per heavy atom. The second kappa shape index (κ2) is 4.27. The third-order valence-electron chi connectivity index (χ3n) is 2.77. The second-order valence-corrected chi connectivity index (χ2v) is 3.93. The lowest BCUT2D eigenvalue weighted by Gasteiger charge is -2.02. The van der Waals surface area contributed by atoms with Crippen molar-refractivity contribution in [3.05, 3.63) is 60.4 Å². The average molecular weight is 231 g/mol. The van der Waals surface area contributed by atoms with Gasteiger partial charge in [-0.3, -0.25) is 0 Å². The highest BCUT2D eigenvalue weighted by molar-refractivity contribution is 5.81. The SMILES string of the molecule is N#Cc1ccc(-c2ccc3ccccc3n2)cn1. The molecule has 1 aromatic carbocycles. The predicted octanol–water partition coefficient (Wildman–Crippen LogP) is 3.17. The number of fused-ring (bicyclic) bond motifs is 1. The number of hydrogen-bond acceptors (Lipinski definition) is 3. The summed E-state index contributed by atoms with van der Waals surface area (Å²) in [6, 6.07) is 17.5. The van der Waals surface area contributed by atoms with Crippen LogP contribution in [0.5, 0.6) is 0 Å². The Balaban J connectivity index is 2.10. The van der Waals surface area contributed by atoms with E-state index < -0.39 is 0 Å². The Bertz CT molecular complexity index is 740. The Morgan fingerprint density at radius 3 is 2.61 bits per heavy atom. The summed E-state index contributed by atoms with van der Waals surface area (Å²) in [4.78, 5) is 8.63. The molecule has 0 spiro atoms. The summed E-state index contributed by atoms with van der Waals surface area (Å²) in [7, 11) is 0. The van der Waals surface area contributed by atoms with Gasteiger partial charge in [-0.2, -0.15) is 5.26 Å². The number of para-hydroxylation sites is 1. The number of benzene rings is 1. The molecule has 0 aliphatic heterocycles. The van der Waals surface area contributed by atoms with Crippen LogP contribution in [0.3, 0.4) is 0 Å². The summed E-state index contributed by atoms with van der Waals surface area (Å²) in [6.45, 7) is 0. The van der Waals surface area contributed by atoms with Crippen LogP contribution in [0, 0.1) is 11.3 Å². The third kappa shape index (κ3) is 1.80. The maximum atomic E-state index is 8.71. The molecular formula is C15H9N3. The van der Waals surface area contributed by atoms with Crippen molar-refractivity contribution < 1.29 is 0 Å². The number of nitriles is 1. The highest BCUT2D eigenvalue weighted by atomic mass is 14.7. The quantitative estimate of drug-likeness (QED) is 0.646. The van der Waals surface area contributed by atoms with E-state index in [4.69, 9.17) is 5.26 Å². The molecule has 2 heterocycles. The van der Waals surface area contributed by atoms with E-state index in [-0.39, 0.29) is 0 Å². The molecule has 0 atom stereocenters. The average Bonchev–Trinajstić information content (AvgIpc) is 2.47. The van der Waals surface area contributed by atoms with Gasteiger partial charge in [0.2, 0.25) is 0 Å². The fourth-order valence-corrected chi connectivity index (χ4v) is 1.84. The molecule has 0 N–H and O–H groups in total. The molecule has 2 aromatic heterocycles. The van der Waals surface area contributed by atoms with Gasteiger partial charge in [-0.25, -0.2) is 9.97 Å². The minimum atomic E-state index is 0.416. The predicted molar refractivity (Wildman–Crippen MR) is 69.7 cm³/mol. The van der Waals surface area contributed by atoms with Crippen molar-refractivity contribution in [3.63, 3.8) is 0 Å². The lowest BCUT2D eigenvalue weighted by atomic mass is 10.1. The van der Waals surface area contributed by atoms with Gasteiger partial charge >= 0.3 is 0 Å². The van der Waals surface area contributed by atoms with Crippen molar-refractivity contribution in [1.82, 2.24) is 9.97 Å². The van der Waals surface area contributed by atoms with Crippen molar-refractivity contribution in [2.45, 2.75) is 0 Å². The molecule has 0 fully saturated rings. The Hall–Kier alpha value is -2.73. The van der Waals surface area contributed by atoms with E-state index in [1.54, 1.807) is 12.3 Å². The van der Waals surface area contributed by atoms with Crippen LogP contribution in [-0.2, 0) is 0 Å². The van der Waals surface area contributed by atoms with E-state index >= 15 is 0 Å². The van der Waals surface area contributed by atoms with Crippen molar-refractivity contribution in [1.29, 1.82) is 5.26 Å². The van der Waals surface area contributed by atoms with Crippen LogP contribution >= 0.6 is 0 Å². The molecule has 3 heteroatoms. The number of hydrogen-bond donors (Lipinski definition) is 0. The van der Waals surface area contributed by atoms with E-state index in [9.17, 15) is 0 Å². The molecular weight excluding hydrogens is 222 g/mol. The zero-order valence-electron chi connectivity index (χ0n) is 9.54. The van der Waals surface area contributed by atoms with Crippen molar-refractivity contribution in [2.24, 2.45) is 0 Å². The zero-order valence-corrected chi connectivity index (χ0v) is 9.54. The molecule has 18 heavy (non-hydrogen) atoms. The first-order valence-corrected chi connectivity index (χ1v) is 5.59. The first-order valence-electron chi connectivity index (χ1n) is 5.59. The van der Waals surface area contributed by atoms with Gasteiger partial charge in [0.05, 0.1) is 11.2 Å². The molecule has 3 aromatic rings. The van der Waals surface area contributed by atoms with Gasteiger partial charge in [-0.05, 0) is 24.3 Å². The molecule has 0 radical (unpaired) electrons. The molecule has 3 rings (SSSR count). The number of nitrogens with zero attached hydrogens (tertiary/aromatic N) is 3. The van der Waals surface area contributed by atoms with Gasteiger partial charge in [0.15, 0.2) is 0 Å². The van der Waals surface area contributed by atoms with E-state index in [1.165, 1.54) is 0 Å². The summed E-state index contributed by atoms with van der Waals surface area (Å²) in [5, 5.41) is 9.83. The van der Waals surface area contributed by atoms with Gasteiger partial charge in [0.25, 0.3) is 0 Å². The van der Waals surface area contributed by atoms with E-state index in [0.29, 0.717) is 5.69 Å². The molecule has 0 aliphatic carbocycles. The highest BCUT2D eigenvalue weighted by Crippen LogP contribution is 2.20. The van der Waals surface area contributed by atoms with Crippen molar-refractivity contribution in [2.75, 3.05) is 0 Å². The van der Waals surface area contributed by atoms with Crippen LogP contribution in [0.4, 0.5) is 0 Å². The van der Waals surface area contributed by atoms with Crippen molar-refractivity contribution >= 4 is 10.9 Å². The van der Waals surface area contributed by atoms with Crippen LogP contribution in [0.25, 0.3) is 22.2 Å². The molecule has 0 unspecified atom stereocenters. The molecule has 0 bridgehead atoms. The summed E-state index contributed by atoms with van der Waals surface area (Å²) < 4.78 is 0. The summed E-state index contributed by atoms with van der Waals surface area (Å²) in [6.07, 6.45) is 1.68. The molecule has 0 saturated carbocycles. The standard InChI is InChI=1S/C15H9N3/c16-9-13-7-5-12(10-17-13)15-8-6-11-3-1-2-4-14(11)18-15/h1-8,10H. The minimum absolute atomic E-state index is 0.416. The molecule has 0 saturated heterocycles. The van der Waals surface area contributed by atoms with E-state index in [1.807, 2.05) is 48.5 Å². The lowest BCUT2D eigenvalue weighted by Crippen LogP contribution is -1.87. The maximum Gasteiger partial charge on any atom is 0.140 e. The first-order chi connectivity index (χ1) is 8.86. The van der Waals surface area contributed by atoms with Gasteiger partial charge in [-0.1, -0.05) is 24.3 Å². The minimum Gasteiger partial charge on any atom is -0.248 e. The molecule has 0 amide bonds. The summed E-state index contributed by atoms with van der Waals surface area (Å²) >= 11 is 0. The fourth-order valence-electron chi connectivity index (χ4n) is 1.84. The Morgan fingerprint density at radius 1 is 0.944 bits per heavy atom. The first kappa shape index (κ1) is 10.4. The largest absolute Gasteiger partial charge is 0.248 e. The van der Waals surface area contributed by atoms with Gasteiger partial charge in [-0.15, -0.1) is 0 Å². The van der Waals surface area contributed by atoms with E-state index in [2.05, 4.69) is 9.97 Å². The Kier molecular flexibility index (Phi) is 2.47. The van der Waals surface area contributed by atoms with Gasteiger partial charge in [0, 0.05) is 17.1 Å². The van der Waals surface area contributed by atoms with E-state index in [0.717, 1.165) is 22.2 Å². The van der Waals surface area contributed by atoms with Crippen LogP contribution in [0.2, 0.25) is 0 Å². The smallest absolute Gasteiger partial charge is 0.140 e. The molecule has 3 nitrogen and oxygen atoms in total. The van der Waals surface area contributed by atoms with Crippen molar-refractivity contribution in [3.8, 4) is 17.3 Å². The highest BCUT2D eigenvalue weighted by Gasteiger charge is 2.02. The maximum absolute atomic E-state index is 8.71. The fraction of sp³-hybridized carbons (Fsp3) is 0. The second-order valence-electron chi connectivity index (χ2n) is 3.93. The topological polar surface area (TPSA) is 49.6 Å². The molecule has 0 aliphatic rings. The number of aromatic nitrogens is 2. The molecule has 84 valence electrons. The lowest BCUT2D eigenvalue weighted by molar-refractivity contribution is 1.25. The Labute approximate surface area is 104 Å². The summed E-state index contributed by atoms with van der Waals surface area (Å²) in [5.41, 5.74) is 3.16. The monoisotopic (exact) mass is 231 g/mol. The normalized spacial score (nSPS) is 10.2. The van der Waals surface area contributed by atoms with Gasteiger partial charge in [0.1, 0.15) is 11.8 Å². The van der Waals surface area contributed by atoms with Crippen LogP contribution in [0.1, 0.15) is 5.69 Å². The number of pyridine rings is 2. The third-order valence-corrected chi connectivity index (χ3v) is 2.77. The zero-order chi connectivity index (χ0) is 12.4.